The number of rotatable bonds is 6. The predicted molar refractivity (Wildman–Crippen MR) is 108 cm³/mol. The maximum Gasteiger partial charge on any atom is 0.270 e. The average molecular weight is 377 g/mol. The van der Waals surface area contributed by atoms with Crippen LogP contribution in [0.5, 0.6) is 5.88 Å². The zero-order valence-corrected chi connectivity index (χ0v) is 15.9. The van der Waals surface area contributed by atoms with Crippen molar-refractivity contribution in [3.63, 3.8) is 0 Å². The first-order chi connectivity index (χ1) is 13.7. The van der Waals surface area contributed by atoms with Gasteiger partial charge >= 0.3 is 0 Å². The quantitative estimate of drug-likeness (QED) is 0.666. The van der Waals surface area contributed by atoms with Gasteiger partial charge in [-0.05, 0) is 31.9 Å². The number of ether oxygens (including phenoxy) is 1. The van der Waals surface area contributed by atoms with Crippen molar-refractivity contribution < 1.29 is 9.53 Å². The van der Waals surface area contributed by atoms with Gasteiger partial charge in [0.2, 0.25) is 5.88 Å². The number of nitrogens with zero attached hydrogens (tertiary/aromatic N) is 4. The van der Waals surface area contributed by atoms with E-state index < -0.39 is 0 Å². The average Bonchev–Trinajstić information content (AvgIpc) is 3.25. The normalized spacial score (nSPS) is 13.7. The van der Waals surface area contributed by atoms with Gasteiger partial charge in [0.15, 0.2) is 0 Å². The van der Waals surface area contributed by atoms with Crippen LogP contribution in [0.2, 0.25) is 0 Å². The minimum absolute atomic E-state index is 0.217. The number of aromatic nitrogens is 3. The summed E-state index contributed by atoms with van der Waals surface area (Å²) in [5.41, 5.74) is 1.20. The molecule has 1 saturated heterocycles. The fraction of sp³-hybridized carbons (Fsp3) is 0.333. The number of pyridine rings is 1. The van der Waals surface area contributed by atoms with E-state index in [1.165, 1.54) is 12.8 Å². The van der Waals surface area contributed by atoms with Crippen molar-refractivity contribution in [3.8, 4) is 5.88 Å². The van der Waals surface area contributed by atoms with Gasteiger partial charge < -0.3 is 15.0 Å². The number of para-hydroxylation sites is 1. The molecule has 7 heteroatoms. The molecule has 1 aromatic carbocycles. The fourth-order valence-electron chi connectivity index (χ4n) is 3.31. The number of hydrogen-bond donors (Lipinski definition) is 1. The third-order valence-corrected chi connectivity index (χ3v) is 4.70. The summed E-state index contributed by atoms with van der Waals surface area (Å²) >= 11 is 0. The lowest BCUT2D eigenvalue weighted by Gasteiger charge is -2.17. The Morgan fingerprint density at radius 1 is 1.11 bits per heavy atom. The largest absolute Gasteiger partial charge is 0.476 e. The first kappa shape index (κ1) is 18.2. The van der Waals surface area contributed by atoms with Crippen molar-refractivity contribution in [3.05, 3.63) is 54.0 Å². The molecule has 0 unspecified atom stereocenters. The zero-order valence-electron chi connectivity index (χ0n) is 15.9. The van der Waals surface area contributed by atoms with Crippen molar-refractivity contribution >= 4 is 22.6 Å². The van der Waals surface area contributed by atoms with Gasteiger partial charge in [0, 0.05) is 24.5 Å². The van der Waals surface area contributed by atoms with Crippen molar-refractivity contribution in [2.24, 2.45) is 0 Å². The Labute approximate surface area is 163 Å². The Hall–Kier alpha value is -3.22. The number of benzene rings is 1. The van der Waals surface area contributed by atoms with Gasteiger partial charge in [0.1, 0.15) is 23.9 Å². The molecule has 144 valence electrons. The van der Waals surface area contributed by atoms with Gasteiger partial charge in [0.25, 0.3) is 5.91 Å². The number of nitrogens with one attached hydrogen (secondary N) is 1. The number of amides is 1. The summed E-state index contributed by atoms with van der Waals surface area (Å²) in [6.07, 6.45) is 2.38. The second-order valence-corrected chi connectivity index (χ2v) is 6.80. The smallest absolute Gasteiger partial charge is 0.270 e. The Kier molecular flexibility index (Phi) is 5.32. The molecular weight excluding hydrogens is 354 g/mol. The van der Waals surface area contributed by atoms with Crippen LogP contribution >= 0.6 is 0 Å². The van der Waals surface area contributed by atoms with Crippen LogP contribution in [-0.2, 0) is 0 Å². The minimum atomic E-state index is -0.217. The summed E-state index contributed by atoms with van der Waals surface area (Å²) < 4.78 is 5.73. The van der Waals surface area contributed by atoms with Gasteiger partial charge in [-0.3, -0.25) is 4.79 Å². The van der Waals surface area contributed by atoms with Crippen molar-refractivity contribution in [2.75, 3.05) is 31.1 Å². The van der Waals surface area contributed by atoms with E-state index >= 15 is 0 Å². The highest BCUT2D eigenvalue weighted by Crippen LogP contribution is 2.21. The van der Waals surface area contributed by atoms with E-state index in [-0.39, 0.29) is 5.91 Å². The summed E-state index contributed by atoms with van der Waals surface area (Å²) in [5.74, 6) is 1.91. The summed E-state index contributed by atoms with van der Waals surface area (Å²) in [6, 6.07) is 13.2. The standard InChI is InChI=1S/C21H23N5O2/c1-15-23-19(26-11-4-5-12-26)14-20(24-15)28-13-10-22-21(27)18-9-8-16-6-2-3-7-17(16)25-18/h2-3,6-9,14H,4-5,10-13H2,1H3,(H,22,27). The van der Waals surface area contributed by atoms with E-state index in [1.807, 2.05) is 43.3 Å². The lowest BCUT2D eigenvalue weighted by Crippen LogP contribution is -2.29. The van der Waals surface area contributed by atoms with Crippen molar-refractivity contribution in [1.82, 2.24) is 20.3 Å². The molecule has 28 heavy (non-hydrogen) atoms. The highest BCUT2D eigenvalue weighted by atomic mass is 16.5. The Bertz CT molecular complexity index is 985. The molecule has 0 bridgehead atoms. The summed E-state index contributed by atoms with van der Waals surface area (Å²) in [7, 11) is 0. The van der Waals surface area contributed by atoms with Crippen LogP contribution in [0, 0.1) is 6.92 Å². The first-order valence-corrected chi connectivity index (χ1v) is 9.56. The Morgan fingerprint density at radius 2 is 1.93 bits per heavy atom. The molecular formula is C21H23N5O2. The molecule has 0 saturated carbocycles. The highest BCUT2D eigenvalue weighted by Gasteiger charge is 2.15. The van der Waals surface area contributed by atoms with Crippen LogP contribution in [-0.4, -0.2) is 47.1 Å². The third kappa shape index (κ3) is 4.19. The second kappa shape index (κ2) is 8.21. The van der Waals surface area contributed by atoms with Crippen LogP contribution in [0.25, 0.3) is 10.9 Å². The maximum absolute atomic E-state index is 12.3. The van der Waals surface area contributed by atoms with Crippen LogP contribution < -0.4 is 15.0 Å². The van der Waals surface area contributed by atoms with Gasteiger partial charge in [-0.25, -0.2) is 9.97 Å². The van der Waals surface area contributed by atoms with Gasteiger partial charge in [-0.15, -0.1) is 0 Å². The van der Waals surface area contributed by atoms with E-state index in [9.17, 15) is 4.79 Å². The molecule has 0 aliphatic carbocycles. The van der Waals surface area contributed by atoms with Crippen LogP contribution in [0.4, 0.5) is 5.82 Å². The number of aryl methyl sites for hydroxylation is 1. The van der Waals surface area contributed by atoms with Gasteiger partial charge in [0.05, 0.1) is 12.1 Å². The number of fused-ring (bicyclic) bond motifs is 1. The van der Waals surface area contributed by atoms with Gasteiger partial charge in [-0.1, -0.05) is 24.3 Å². The fourth-order valence-corrected chi connectivity index (χ4v) is 3.31. The molecule has 1 fully saturated rings. The lowest BCUT2D eigenvalue weighted by atomic mass is 10.2. The molecule has 0 radical (unpaired) electrons. The summed E-state index contributed by atoms with van der Waals surface area (Å²) in [5, 5.41) is 3.85. The second-order valence-electron chi connectivity index (χ2n) is 6.80. The number of hydrogen-bond acceptors (Lipinski definition) is 6. The van der Waals surface area contributed by atoms with Crippen LogP contribution in [0.3, 0.4) is 0 Å². The SMILES string of the molecule is Cc1nc(OCCNC(=O)c2ccc3ccccc3n2)cc(N2CCCC2)n1. The molecule has 7 nitrogen and oxygen atoms in total. The molecule has 3 aromatic rings. The lowest BCUT2D eigenvalue weighted by molar-refractivity contribution is 0.0942. The van der Waals surface area contributed by atoms with E-state index in [4.69, 9.17) is 4.74 Å². The monoisotopic (exact) mass is 377 g/mol. The number of anilines is 1. The molecule has 2 aromatic heterocycles. The van der Waals surface area contributed by atoms with Crippen molar-refractivity contribution in [1.29, 1.82) is 0 Å². The van der Waals surface area contributed by atoms with Crippen molar-refractivity contribution in [2.45, 2.75) is 19.8 Å². The molecule has 4 rings (SSSR count). The van der Waals surface area contributed by atoms with E-state index in [0.717, 1.165) is 29.8 Å². The molecule has 3 heterocycles. The molecule has 1 aliphatic heterocycles. The number of carbonyl (C=O) groups is 1. The van der Waals surface area contributed by atoms with E-state index in [1.54, 1.807) is 6.07 Å². The summed E-state index contributed by atoms with van der Waals surface area (Å²) in [4.78, 5) is 27.8. The predicted octanol–water partition coefficient (Wildman–Crippen LogP) is 2.74. The minimum Gasteiger partial charge on any atom is -0.476 e. The first-order valence-electron chi connectivity index (χ1n) is 9.56. The Balaban J connectivity index is 1.32. The van der Waals surface area contributed by atoms with E-state index in [0.29, 0.717) is 30.5 Å². The molecule has 1 aliphatic rings. The third-order valence-electron chi connectivity index (χ3n) is 4.70. The van der Waals surface area contributed by atoms with Crippen LogP contribution in [0.15, 0.2) is 42.5 Å². The maximum atomic E-state index is 12.3. The number of carbonyl (C=O) groups excluding carboxylic acids is 1. The molecule has 0 atom stereocenters. The van der Waals surface area contributed by atoms with E-state index in [2.05, 4.69) is 25.2 Å². The highest BCUT2D eigenvalue weighted by molar-refractivity contribution is 5.94. The zero-order chi connectivity index (χ0) is 19.3. The summed E-state index contributed by atoms with van der Waals surface area (Å²) in [6.45, 7) is 4.60. The van der Waals surface area contributed by atoms with Crippen LogP contribution in [0.1, 0.15) is 29.2 Å². The molecule has 1 N–H and O–H groups in total. The Morgan fingerprint density at radius 3 is 2.79 bits per heavy atom. The van der Waals surface area contributed by atoms with Gasteiger partial charge in [-0.2, -0.15) is 4.98 Å². The molecule has 1 amide bonds. The molecule has 0 spiro atoms. The topological polar surface area (TPSA) is 80.2 Å².